The van der Waals surface area contributed by atoms with Crippen molar-refractivity contribution in [2.24, 2.45) is 0 Å². The number of aromatic nitrogens is 5. The molecule has 4 aromatic rings. The van der Waals surface area contributed by atoms with Gasteiger partial charge in [-0.05, 0) is 30.5 Å². The Morgan fingerprint density at radius 3 is 2.52 bits per heavy atom. The molecule has 0 bridgehead atoms. The molecule has 3 N–H and O–H groups in total. The Balaban J connectivity index is 1.53. The Morgan fingerprint density at radius 2 is 1.88 bits per heavy atom. The topological polar surface area (TPSA) is 129 Å². The van der Waals surface area contributed by atoms with Gasteiger partial charge in [0, 0.05) is 18.8 Å². The van der Waals surface area contributed by atoms with E-state index >= 15 is 0 Å². The van der Waals surface area contributed by atoms with Crippen LogP contribution >= 0.6 is 0 Å². The highest BCUT2D eigenvalue weighted by Gasteiger charge is 2.38. The maximum absolute atomic E-state index is 14.9. The average molecular weight is 572 g/mol. The highest BCUT2D eigenvalue weighted by molar-refractivity contribution is 5.86. The summed E-state index contributed by atoms with van der Waals surface area (Å²) in [4.78, 5) is 31.9. The number of hydrogen-bond acceptors (Lipinski definition) is 7. The number of anilines is 1. The fourth-order valence-electron chi connectivity index (χ4n) is 3.98. The van der Waals surface area contributed by atoms with Crippen LogP contribution in [0.2, 0.25) is 0 Å². The molecule has 0 amide bonds. The number of pyridine rings is 1. The van der Waals surface area contributed by atoms with Crippen LogP contribution in [0.4, 0.5) is 36.6 Å². The van der Waals surface area contributed by atoms with E-state index in [1.165, 1.54) is 25.3 Å². The Hall–Kier alpha value is -4.50. The molecule has 9 nitrogen and oxygen atoms in total. The summed E-state index contributed by atoms with van der Waals surface area (Å²) < 4.78 is 101. The zero-order valence-electron chi connectivity index (χ0n) is 20.3. The first-order valence-corrected chi connectivity index (χ1v) is 11.5. The molecule has 0 fully saturated rings. The van der Waals surface area contributed by atoms with Gasteiger partial charge in [-0.25, -0.2) is 32.6 Å². The van der Waals surface area contributed by atoms with Gasteiger partial charge in [-0.2, -0.15) is 18.3 Å². The molecule has 0 spiro atoms. The third-order valence-corrected chi connectivity index (χ3v) is 5.80. The molecule has 3 heterocycles. The second kappa shape index (κ2) is 10.9. The van der Waals surface area contributed by atoms with Gasteiger partial charge in [0.25, 0.3) is 17.5 Å². The lowest BCUT2D eigenvalue weighted by Crippen LogP contribution is -2.29. The summed E-state index contributed by atoms with van der Waals surface area (Å²) >= 11 is 0. The van der Waals surface area contributed by atoms with E-state index in [9.17, 15) is 40.3 Å². The molecule has 0 saturated heterocycles. The smallest absolute Gasteiger partial charge is 0.425 e. The molecular weight excluding hydrogens is 553 g/mol. The van der Waals surface area contributed by atoms with Crippen molar-refractivity contribution in [3.05, 3.63) is 74.4 Å². The summed E-state index contributed by atoms with van der Waals surface area (Å²) in [5, 5.41) is 5.00. The number of rotatable bonds is 8. The van der Waals surface area contributed by atoms with Crippen molar-refractivity contribution < 1.29 is 35.5 Å². The summed E-state index contributed by atoms with van der Waals surface area (Å²) in [5.41, 5.74) is 0.763. The van der Waals surface area contributed by atoms with Gasteiger partial charge in [-0.15, -0.1) is 0 Å². The number of nitrogens with two attached hydrogens (primary N) is 1. The van der Waals surface area contributed by atoms with Gasteiger partial charge in [0.1, 0.15) is 17.8 Å². The predicted octanol–water partition coefficient (Wildman–Crippen LogP) is 4.42. The van der Waals surface area contributed by atoms with Crippen LogP contribution in [-0.2, 0) is 12.7 Å². The van der Waals surface area contributed by atoms with Gasteiger partial charge in [0.05, 0.1) is 35.4 Å². The van der Waals surface area contributed by atoms with Gasteiger partial charge in [-0.3, -0.25) is 9.59 Å². The average Bonchev–Trinajstić information content (AvgIpc) is 2.84. The van der Waals surface area contributed by atoms with Crippen LogP contribution in [0.25, 0.3) is 22.2 Å². The number of alkyl halides is 6. The second-order valence-electron chi connectivity index (χ2n) is 8.73. The summed E-state index contributed by atoms with van der Waals surface area (Å²) in [6.45, 7) is 0.733. The zero-order chi connectivity index (χ0) is 29.4. The first-order valence-electron chi connectivity index (χ1n) is 11.5. The van der Waals surface area contributed by atoms with Crippen LogP contribution in [0.15, 0.2) is 46.4 Å². The standard InChI is InChI=1S/C24H19F7N6O3/c1-10(40-17-8-34-36-22(38)18(17)24(29,30)31)4-12(25)9-37-3-2-11-5-14(16(26)6-13(11)23(37)39)21-33-7-15(19(27)28)20(32)35-21/h2-3,5-8,10,12,19H,4,9H2,1H3,(H,36,38)(H2,32,33,35). The van der Waals surface area contributed by atoms with Crippen molar-refractivity contribution >= 4 is 16.6 Å². The van der Waals surface area contributed by atoms with E-state index in [1.807, 2.05) is 0 Å². The van der Waals surface area contributed by atoms with E-state index in [2.05, 4.69) is 15.1 Å². The first kappa shape index (κ1) is 28.5. The SMILES string of the molecule is CC(CC(F)Cn1ccc2cc(-c3ncc(C(F)F)c(N)n3)c(F)cc2c1=O)Oc1cn[nH]c(=O)c1C(F)(F)F. The normalized spacial score (nSPS) is 13.5. The minimum atomic E-state index is -5.04. The molecule has 2 atom stereocenters. The molecule has 3 aromatic heterocycles. The minimum Gasteiger partial charge on any atom is -0.488 e. The quantitative estimate of drug-likeness (QED) is 0.299. The molecule has 40 heavy (non-hydrogen) atoms. The third-order valence-electron chi connectivity index (χ3n) is 5.80. The second-order valence-corrected chi connectivity index (χ2v) is 8.73. The van der Waals surface area contributed by atoms with Gasteiger partial charge in [-0.1, -0.05) is 0 Å². The number of H-pyrrole nitrogens is 1. The Labute approximate surface area is 219 Å². The number of halogens is 7. The molecule has 0 radical (unpaired) electrons. The van der Waals surface area contributed by atoms with E-state index in [0.29, 0.717) is 6.20 Å². The van der Waals surface area contributed by atoms with Crippen molar-refractivity contribution in [2.45, 2.75) is 44.8 Å². The lowest BCUT2D eigenvalue weighted by molar-refractivity contribution is -0.140. The lowest BCUT2D eigenvalue weighted by Gasteiger charge is -2.19. The largest absolute Gasteiger partial charge is 0.488 e. The van der Waals surface area contributed by atoms with E-state index in [4.69, 9.17) is 10.5 Å². The zero-order valence-corrected chi connectivity index (χ0v) is 20.3. The fraction of sp³-hybridized carbons (Fsp3) is 0.292. The minimum absolute atomic E-state index is 0.137. The summed E-state index contributed by atoms with van der Waals surface area (Å²) in [6, 6.07) is 3.45. The van der Waals surface area contributed by atoms with Crippen molar-refractivity contribution in [3.63, 3.8) is 0 Å². The van der Waals surface area contributed by atoms with Gasteiger partial charge in [0.15, 0.2) is 17.1 Å². The van der Waals surface area contributed by atoms with Gasteiger partial charge in [0.2, 0.25) is 0 Å². The molecular formula is C24H19F7N6O3. The van der Waals surface area contributed by atoms with Gasteiger partial charge < -0.3 is 15.0 Å². The van der Waals surface area contributed by atoms with Crippen molar-refractivity contribution in [2.75, 3.05) is 5.73 Å². The van der Waals surface area contributed by atoms with Crippen LogP contribution < -0.4 is 21.6 Å². The maximum Gasteiger partial charge on any atom is 0.425 e. The Bertz CT molecular complexity index is 1670. The molecule has 2 unspecified atom stereocenters. The molecule has 212 valence electrons. The van der Waals surface area contributed by atoms with E-state index in [1.54, 1.807) is 5.10 Å². The summed E-state index contributed by atoms with van der Waals surface area (Å²) in [6.07, 6.45) is -8.73. The number of nitrogen functional groups attached to an aromatic ring is 1. The molecule has 1 aromatic carbocycles. The maximum atomic E-state index is 14.9. The lowest BCUT2D eigenvalue weighted by atomic mass is 10.1. The van der Waals surface area contributed by atoms with Gasteiger partial charge >= 0.3 is 6.18 Å². The number of aromatic amines is 1. The van der Waals surface area contributed by atoms with E-state index in [-0.39, 0.29) is 22.2 Å². The van der Waals surface area contributed by atoms with Crippen LogP contribution in [0.3, 0.4) is 0 Å². The van der Waals surface area contributed by atoms with E-state index in [0.717, 1.165) is 16.8 Å². The molecule has 0 aliphatic carbocycles. The molecule has 4 rings (SSSR count). The van der Waals surface area contributed by atoms with E-state index < -0.39 is 77.5 Å². The first-order chi connectivity index (χ1) is 18.8. The highest BCUT2D eigenvalue weighted by Crippen LogP contribution is 2.33. The number of fused-ring (bicyclic) bond motifs is 1. The van der Waals surface area contributed by atoms with Crippen molar-refractivity contribution in [1.29, 1.82) is 0 Å². The van der Waals surface area contributed by atoms with Crippen molar-refractivity contribution in [1.82, 2.24) is 24.7 Å². The number of nitrogens with zero attached hydrogens (tertiary/aromatic N) is 4. The Kier molecular flexibility index (Phi) is 7.79. The van der Waals surface area contributed by atoms with Crippen LogP contribution in [-0.4, -0.2) is 37.0 Å². The highest BCUT2D eigenvalue weighted by atomic mass is 19.4. The van der Waals surface area contributed by atoms with Crippen molar-refractivity contribution in [3.8, 4) is 17.1 Å². The predicted molar refractivity (Wildman–Crippen MR) is 128 cm³/mol. The monoisotopic (exact) mass is 572 g/mol. The number of nitrogens with one attached hydrogen (secondary N) is 1. The molecule has 16 heteroatoms. The number of benzene rings is 1. The fourth-order valence-corrected chi connectivity index (χ4v) is 3.98. The van der Waals surface area contributed by atoms with Crippen LogP contribution in [0.1, 0.15) is 30.9 Å². The Morgan fingerprint density at radius 1 is 1.15 bits per heavy atom. The molecule has 0 aliphatic rings. The number of hydrogen-bond donors (Lipinski definition) is 2. The molecule has 0 aliphatic heterocycles. The summed E-state index contributed by atoms with van der Waals surface area (Å²) in [5.74, 6) is -2.66. The number of ether oxygens (including phenoxy) is 1. The third kappa shape index (κ3) is 5.89. The van der Waals surface area contributed by atoms with Crippen LogP contribution in [0, 0.1) is 5.82 Å². The van der Waals surface area contributed by atoms with Crippen LogP contribution in [0.5, 0.6) is 5.75 Å². The molecule has 0 saturated carbocycles. The summed E-state index contributed by atoms with van der Waals surface area (Å²) in [7, 11) is 0.